The summed E-state index contributed by atoms with van der Waals surface area (Å²) in [5, 5.41) is 9.22. The van der Waals surface area contributed by atoms with Crippen LogP contribution in [0.2, 0.25) is 0 Å². The summed E-state index contributed by atoms with van der Waals surface area (Å²) in [6.07, 6.45) is 6.47. The molecule has 0 saturated carbocycles. The number of rotatable bonds is 2. The van der Waals surface area contributed by atoms with Crippen LogP contribution in [0.15, 0.2) is 29.9 Å². The first-order chi connectivity index (χ1) is 11.5. The highest BCUT2D eigenvalue weighted by Crippen LogP contribution is 2.47. The van der Waals surface area contributed by atoms with Crippen molar-refractivity contribution in [1.29, 1.82) is 0 Å². The molecule has 1 aromatic rings. The lowest BCUT2D eigenvalue weighted by atomic mass is 9.62. The molecule has 1 N–H and O–H groups in total. The molecule has 0 spiro atoms. The topological polar surface area (TPSA) is 37.3 Å². The van der Waals surface area contributed by atoms with Gasteiger partial charge in [-0.15, -0.1) is 0 Å². The fourth-order valence-electron chi connectivity index (χ4n) is 4.05. The molecule has 0 bridgehead atoms. The van der Waals surface area contributed by atoms with E-state index < -0.39 is 5.97 Å². The molecule has 0 aromatic heterocycles. The molecule has 0 atom stereocenters. The maximum atomic E-state index is 11.2. The van der Waals surface area contributed by atoms with Crippen LogP contribution >= 0.6 is 12.2 Å². The van der Waals surface area contributed by atoms with Crippen molar-refractivity contribution in [2.75, 3.05) is 0 Å². The number of fused-ring (bicyclic) bond motifs is 1. The van der Waals surface area contributed by atoms with Crippen LogP contribution in [0.3, 0.4) is 0 Å². The second-order valence-corrected chi connectivity index (χ2v) is 9.15. The maximum absolute atomic E-state index is 11.2. The number of benzene rings is 1. The number of thiocarbonyl (C=S) groups is 1. The molecule has 3 rings (SSSR count). The number of allylic oxidation sites excluding steroid dienone is 3. The van der Waals surface area contributed by atoms with Crippen LogP contribution in [-0.4, -0.2) is 15.9 Å². The highest BCUT2D eigenvalue weighted by Gasteiger charge is 2.37. The van der Waals surface area contributed by atoms with Gasteiger partial charge in [0.1, 0.15) is 0 Å². The molecule has 0 saturated heterocycles. The predicted octanol–water partition coefficient (Wildman–Crippen LogP) is 5.51. The largest absolute Gasteiger partial charge is 0.478 e. The lowest BCUT2D eigenvalue weighted by molar-refractivity contribution is -0.132. The fourth-order valence-corrected chi connectivity index (χ4v) is 4.36. The molecule has 0 heterocycles. The van der Waals surface area contributed by atoms with E-state index in [0.29, 0.717) is 11.3 Å². The summed E-state index contributed by atoms with van der Waals surface area (Å²) in [6.45, 7) is 11.5. The Bertz CT molecular complexity index is 838. The second kappa shape index (κ2) is 5.91. The van der Waals surface area contributed by atoms with Crippen molar-refractivity contribution in [1.82, 2.24) is 0 Å². The average molecular weight is 355 g/mol. The van der Waals surface area contributed by atoms with E-state index in [0.717, 1.165) is 5.57 Å². The standard InChI is InChI=1S/C22H26O2S/c1-13-10-17-18(22(4,5)9-8-21(17,2)3)12-16(13)14-6-7-15(20(23)24)19(25)11-14/h6-7,10,12H,8-9,11H2,1-5H3,(H,23,24). The molecule has 0 amide bonds. The first-order valence-corrected chi connectivity index (χ1v) is 9.27. The normalized spacial score (nSPS) is 21.2. The Hall–Kier alpha value is -1.74. The minimum Gasteiger partial charge on any atom is -0.478 e. The molecule has 3 heteroatoms. The molecule has 132 valence electrons. The number of carbonyl (C=O) groups is 1. The van der Waals surface area contributed by atoms with Crippen LogP contribution in [0.1, 0.15) is 69.2 Å². The number of carboxylic acid groups (broad SMARTS) is 1. The van der Waals surface area contributed by atoms with Gasteiger partial charge in [0, 0.05) is 11.3 Å². The van der Waals surface area contributed by atoms with Gasteiger partial charge in [-0.3, -0.25) is 0 Å². The molecule has 2 nitrogen and oxygen atoms in total. The zero-order valence-corrected chi connectivity index (χ0v) is 16.5. The molecular weight excluding hydrogens is 328 g/mol. The van der Waals surface area contributed by atoms with E-state index in [2.05, 4.69) is 46.8 Å². The summed E-state index contributed by atoms with van der Waals surface area (Å²) in [5.41, 5.74) is 7.03. The molecule has 0 unspecified atom stereocenters. The monoisotopic (exact) mass is 354 g/mol. The fraction of sp³-hybridized carbons (Fsp3) is 0.455. The van der Waals surface area contributed by atoms with Gasteiger partial charge in [0.15, 0.2) is 0 Å². The summed E-state index contributed by atoms with van der Waals surface area (Å²) in [5.74, 6) is -0.939. The van der Waals surface area contributed by atoms with E-state index in [9.17, 15) is 9.90 Å². The quantitative estimate of drug-likeness (QED) is 0.711. The van der Waals surface area contributed by atoms with Crippen molar-refractivity contribution in [2.45, 2.75) is 64.7 Å². The summed E-state index contributed by atoms with van der Waals surface area (Å²) >= 11 is 5.34. The predicted molar refractivity (Wildman–Crippen MR) is 107 cm³/mol. The highest BCUT2D eigenvalue weighted by molar-refractivity contribution is 7.81. The van der Waals surface area contributed by atoms with E-state index in [1.165, 1.54) is 35.1 Å². The summed E-state index contributed by atoms with van der Waals surface area (Å²) < 4.78 is 0. The van der Waals surface area contributed by atoms with Gasteiger partial charge in [-0.2, -0.15) is 0 Å². The third kappa shape index (κ3) is 3.10. The van der Waals surface area contributed by atoms with Gasteiger partial charge in [-0.1, -0.05) is 58.1 Å². The number of aryl methyl sites for hydroxylation is 1. The van der Waals surface area contributed by atoms with Crippen LogP contribution in [0.5, 0.6) is 0 Å². The van der Waals surface area contributed by atoms with Crippen molar-refractivity contribution >= 4 is 28.6 Å². The number of hydrogen-bond donors (Lipinski definition) is 1. The Morgan fingerprint density at radius 2 is 1.60 bits per heavy atom. The Morgan fingerprint density at radius 3 is 2.12 bits per heavy atom. The Morgan fingerprint density at radius 1 is 1.04 bits per heavy atom. The SMILES string of the molecule is Cc1cc2c(cc1C1=CC=C(C(=O)O)C(=S)C1)C(C)(C)CCC2(C)C. The molecule has 2 aliphatic carbocycles. The smallest absolute Gasteiger partial charge is 0.336 e. The zero-order chi connectivity index (χ0) is 18.6. The van der Waals surface area contributed by atoms with Crippen LogP contribution in [0, 0.1) is 6.92 Å². The van der Waals surface area contributed by atoms with Crippen LogP contribution in [-0.2, 0) is 15.6 Å². The minimum absolute atomic E-state index is 0.158. The number of hydrogen-bond acceptors (Lipinski definition) is 2. The van der Waals surface area contributed by atoms with E-state index in [1.807, 2.05) is 6.08 Å². The van der Waals surface area contributed by atoms with Gasteiger partial charge < -0.3 is 5.11 Å². The van der Waals surface area contributed by atoms with E-state index in [-0.39, 0.29) is 16.4 Å². The van der Waals surface area contributed by atoms with Crippen LogP contribution in [0.4, 0.5) is 0 Å². The Kier molecular flexibility index (Phi) is 4.27. The Labute approximate surface area is 155 Å². The van der Waals surface area contributed by atoms with Crippen molar-refractivity contribution in [3.05, 3.63) is 52.1 Å². The van der Waals surface area contributed by atoms with Gasteiger partial charge >= 0.3 is 5.97 Å². The van der Waals surface area contributed by atoms with Crippen molar-refractivity contribution < 1.29 is 9.90 Å². The van der Waals surface area contributed by atoms with E-state index in [1.54, 1.807) is 6.08 Å². The molecule has 0 aliphatic heterocycles. The maximum Gasteiger partial charge on any atom is 0.336 e. The number of carboxylic acids is 1. The van der Waals surface area contributed by atoms with Gasteiger partial charge in [-0.25, -0.2) is 4.79 Å². The molecule has 0 fully saturated rings. The van der Waals surface area contributed by atoms with Crippen LogP contribution in [0.25, 0.3) is 5.57 Å². The zero-order valence-electron chi connectivity index (χ0n) is 15.7. The van der Waals surface area contributed by atoms with Crippen LogP contribution < -0.4 is 0 Å². The average Bonchev–Trinajstić information content (AvgIpc) is 2.51. The second-order valence-electron chi connectivity index (χ2n) is 8.66. The molecule has 2 aliphatic rings. The molecule has 1 aromatic carbocycles. The summed E-state index contributed by atoms with van der Waals surface area (Å²) in [6, 6.07) is 4.67. The van der Waals surface area contributed by atoms with Crippen molar-refractivity contribution in [3.8, 4) is 0 Å². The Balaban J connectivity index is 2.14. The van der Waals surface area contributed by atoms with E-state index >= 15 is 0 Å². The van der Waals surface area contributed by atoms with Crippen molar-refractivity contribution in [3.63, 3.8) is 0 Å². The lowest BCUT2D eigenvalue weighted by Crippen LogP contribution is -2.34. The molecule has 25 heavy (non-hydrogen) atoms. The molecule has 0 radical (unpaired) electrons. The number of aliphatic carboxylic acids is 1. The van der Waals surface area contributed by atoms with Gasteiger partial charge in [-0.05, 0) is 64.5 Å². The van der Waals surface area contributed by atoms with Gasteiger partial charge in [0.2, 0.25) is 0 Å². The lowest BCUT2D eigenvalue weighted by Gasteiger charge is -2.42. The molecular formula is C22H26O2S. The van der Waals surface area contributed by atoms with Gasteiger partial charge in [0.25, 0.3) is 0 Å². The first-order valence-electron chi connectivity index (χ1n) is 8.86. The first kappa shape index (κ1) is 18.1. The third-order valence-electron chi connectivity index (χ3n) is 5.88. The highest BCUT2D eigenvalue weighted by atomic mass is 32.1. The van der Waals surface area contributed by atoms with Gasteiger partial charge in [0.05, 0.1) is 5.57 Å². The summed E-state index contributed by atoms with van der Waals surface area (Å²) in [4.78, 5) is 11.8. The van der Waals surface area contributed by atoms with Crippen molar-refractivity contribution in [2.24, 2.45) is 0 Å². The van der Waals surface area contributed by atoms with E-state index in [4.69, 9.17) is 12.2 Å². The summed E-state index contributed by atoms with van der Waals surface area (Å²) in [7, 11) is 0. The minimum atomic E-state index is -0.939. The third-order valence-corrected chi connectivity index (χ3v) is 6.24.